The summed E-state index contributed by atoms with van der Waals surface area (Å²) < 4.78 is 11.1. The van der Waals surface area contributed by atoms with Gasteiger partial charge in [0.05, 0.1) is 18.4 Å². The molecule has 2 aromatic carbocycles. The molecule has 5 nitrogen and oxygen atoms in total. The van der Waals surface area contributed by atoms with Crippen molar-refractivity contribution in [2.45, 2.75) is 26.2 Å². The van der Waals surface area contributed by atoms with E-state index >= 15 is 0 Å². The number of ether oxygens (including phenoxy) is 2. The van der Waals surface area contributed by atoms with Gasteiger partial charge in [0.15, 0.2) is 10.9 Å². The third-order valence-corrected chi connectivity index (χ3v) is 6.61. The van der Waals surface area contributed by atoms with E-state index in [4.69, 9.17) is 21.7 Å². The van der Waals surface area contributed by atoms with Crippen LogP contribution in [-0.2, 0) is 17.6 Å². The number of hydrogen-bond donors (Lipinski definition) is 2. The molecule has 0 spiro atoms. The Hall–Kier alpha value is -2.90. The van der Waals surface area contributed by atoms with Crippen molar-refractivity contribution in [3.63, 3.8) is 0 Å². The second-order valence-electron chi connectivity index (χ2n) is 7.54. The number of hydrogen-bond acceptors (Lipinski definition) is 5. The first-order chi connectivity index (χ1) is 15.0. The van der Waals surface area contributed by atoms with Gasteiger partial charge < -0.3 is 20.1 Å². The minimum Gasteiger partial charge on any atom is -0.465 e. The van der Waals surface area contributed by atoms with Crippen LogP contribution < -0.4 is 15.4 Å². The van der Waals surface area contributed by atoms with Crippen LogP contribution in [0.3, 0.4) is 0 Å². The van der Waals surface area contributed by atoms with Gasteiger partial charge in [-0.1, -0.05) is 37.3 Å². The number of benzene rings is 2. The van der Waals surface area contributed by atoms with E-state index in [0.717, 1.165) is 41.3 Å². The monoisotopic (exact) mass is 452 g/mol. The van der Waals surface area contributed by atoms with Crippen LogP contribution >= 0.6 is 23.6 Å². The molecule has 1 aromatic heterocycles. The summed E-state index contributed by atoms with van der Waals surface area (Å²) in [5.74, 6) is 1.68. The minimum absolute atomic E-state index is 0.329. The molecule has 1 aliphatic carbocycles. The SMILES string of the molecule is COC(=O)c1c(NC(=S)Nc2ccccc2Oc2ccccc2)sc2c1CCC(C)C2. The van der Waals surface area contributed by atoms with Crippen molar-refractivity contribution in [3.05, 3.63) is 70.6 Å². The lowest BCUT2D eigenvalue weighted by Gasteiger charge is -2.18. The van der Waals surface area contributed by atoms with E-state index in [0.29, 0.717) is 22.3 Å². The summed E-state index contributed by atoms with van der Waals surface area (Å²) in [6.07, 6.45) is 2.92. The molecule has 160 valence electrons. The van der Waals surface area contributed by atoms with Crippen molar-refractivity contribution in [1.29, 1.82) is 0 Å². The Labute approximate surface area is 191 Å². The molecule has 2 N–H and O–H groups in total. The summed E-state index contributed by atoms with van der Waals surface area (Å²) in [6.45, 7) is 2.24. The molecule has 0 amide bonds. The van der Waals surface area contributed by atoms with Gasteiger partial charge in [-0.3, -0.25) is 0 Å². The molecule has 0 fully saturated rings. The smallest absolute Gasteiger partial charge is 0.341 e. The van der Waals surface area contributed by atoms with Crippen LogP contribution in [0.5, 0.6) is 11.5 Å². The van der Waals surface area contributed by atoms with Crippen LogP contribution in [0, 0.1) is 5.92 Å². The molecule has 0 saturated heterocycles. The zero-order valence-corrected chi connectivity index (χ0v) is 19.1. The predicted molar refractivity (Wildman–Crippen MR) is 130 cm³/mol. The Morgan fingerprint density at radius 3 is 2.61 bits per heavy atom. The summed E-state index contributed by atoms with van der Waals surface area (Å²) in [5, 5.41) is 7.54. The second kappa shape index (κ2) is 9.49. The quantitative estimate of drug-likeness (QED) is 0.352. The number of thiophene rings is 1. The van der Waals surface area contributed by atoms with E-state index < -0.39 is 0 Å². The third-order valence-electron chi connectivity index (χ3n) is 5.23. The van der Waals surface area contributed by atoms with Crippen molar-refractivity contribution in [2.24, 2.45) is 5.92 Å². The zero-order chi connectivity index (χ0) is 21.8. The summed E-state index contributed by atoms with van der Waals surface area (Å²) in [4.78, 5) is 13.7. The highest BCUT2D eigenvalue weighted by atomic mass is 32.1. The molecular formula is C24H24N2O3S2. The molecule has 4 rings (SSSR count). The van der Waals surface area contributed by atoms with E-state index in [-0.39, 0.29) is 5.97 Å². The van der Waals surface area contributed by atoms with Crippen molar-refractivity contribution in [1.82, 2.24) is 0 Å². The van der Waals surface area contributed by atoms with Gasteiger partial charge in [-0.25, -0.2) is 4.79 Å². The second-order valence-corrected chi connectivity index (χ2v) is 9.05. The maximum absolute atomic E-state index is 12.5. The van der Waals surface area contributed by atoms with Crippen LogP contribution in [0.2, 0.25) is 0 Å². The molecule has 0 bridgehead atoms. The van der Waals surface area contributed by atoms with Gasteiger partial charge >= 0.3 is 5.97 Å². The van der Waals surface area contributed by atoms with E-state index in [1.165, 1.54) is 12.0 Å². The number of carbonyl (C=O) groups is 1. The van der Waals surface area contributed by atoms with Gasteiger partial charge in [-0.2, -0.15) is 0 Å². The fourth-order valence-electron chi connectivity index (χ4n) is 3.69. The molecule has 1 atom stereocenters. The van der Waals surface area contributed by atoms with Gasteiger partial charge in [-0.05, 0) is 67.2 Å². The maximum Gasteiger partial charge on any atom is 0.341 e. The van der Waals surface area contributed by atoms with Crippen LogP contribution in [0.1, 0.15) is 34.1 Å². The largest absolute Gasteiger partial charge is 0.465 e. The number of rotatable bonds is 5. The molecule has 1 unspecified atom stereocenters. The lowest BCUT2D eigenvalue weighted by molar-refractivity contribution is 0.0601. The number of methoxy groups -OCH3 is 1. The van der Waals surface area contributed by atoms with E-state index in [1.807, 2.05) is 54.6 Å². The Bertz CT molecular complexity index is 1100. The number of nitrogens with one attached hydrogen (secondary N) is 2. The first-order valence-corrected chi connectivity index (χ1v) is 11.4. The highest BCUT2D eigenvalue weighted by Gasteiger charge is 2.28. The summed E-state index contributed by atoms with van der Waals surface area (Å²) in [7, 11) is 1.41. The Kier molecular flexibility index (Phi) is 6.53. The molecule has 7 heteroatoms. The first kappa shape index (κ1) is 21.3. The van der Waals surface area contributed by atoms with Crippen LogP contribution in [0.4, 0.5) is 10.7 Å². The maximum atomic E-state index is 12.5. The third kappa shape index (κ3) is 4.89. The molecule has 0 saturated carbocycles. The van der Waals surface area contributed by atoms with Gasteiger partial charge in [0, 0.05) is 4.88 Å². The van der Waals surface area contributed by atoms with Crippen molar-refractivity contribution < 1.29 is 14.3 Å². The lowest BCUT2D eigenvalue weighted by Crippen LogP contribution is -2.20. The molecule has 0 aliphatic heterocycles. The fourth-order valence-corrected chi connectivity index (χ4v) is 5.37. The van der Waals surface area contributed by atoms with E-state index in [2.05, 4.69) is 17.6 Å². The highest BCUT2D eigenvalue weighted by Crippen LogP contribution is 2.40. The standard InChI is InChI=1S/C24H24N2O3S2/c1-15-12-13-17-20(14-15)31-22(21(17)23(27)28-2)26-24(30)25-18-10-6-7-11-19(18)29-16-8-4-3-5-9-16/h3-11,15H,12-14H2,1-2H3,(H2,25,26,30). The number of thiocarbonyl (C=S) groups is 1. The van der Waals surface area contributed by atoms with Gasteiger partial charge in [0.25, 0.3) is 0 Å². The number of anilines is 2. The highest BCUT2D eigenvalue weighted by molar-refractivity contribution is 7.80. The molecule has 1 heterocycles. The summed E-state index contributed by atoms with van der Waals surface area (Å²) in [6, 6.07) is 17.2. The van der Waals surface area contributed by atoms with Gasteiger partial charge in [0.2, 0.25) is 0 Å². The molecular weight excluding hydrogens is 428 g/mol. The molecule has 0 radical (unpaired) electrons. The number of carbonyl (C=O) groups excluding carboxylic acids is 1. The first-order valence-electron chi connectivity index (χ1n) is 10.2. The fraction of sp³-hybridized carbons (Fsp3) is 0.250. The topological polar surface area (TPSA) is 59.6 Å². The average Bonchev–Trinajstić information content (AvgIpc) is 3.11. The number of esters is 1. The van der Waals surface area contributed by atoms with E-state index in [9.17, 15) is 4.79 Å². The van der Waals surface area contributed by atoms with Gasteiger partial charge in [0.1, 0.15) is 10.8 Å². The Balaban J connectivity index is 1.54. The Morgan fingerprint density at radius 1 is 1.10 bits per heavy atom. The normalized spacial score (nSPS) is 15.0. The summed E-state index contributed by atoms with van der Waals surface area (Å²) in [5.41, 5.74) is 2.43. The Morgan fingerprint density at radius 2 is 1.84 bits per heavy atom. The average molecular weight is 453 g/mol. The van der Waals surface area contributed by atoms with Crippen LogP contribution in [0.25, 0.3) is 0 Å². The van der Waals surface area contributed by atoms with Crippen molar-refractivity contribution in [3.8, 4) is 11.5 Å². The zero-order valence-electron chi connectivity index (χ0n) is 17.4. The number of fused-ring (bicyclic) bond motifs is 1. The van der Waals surface area contributed by atoms with E-state index in [1.54, 1.807) is 11.3 Å². The van der Waals surface area contributed by atoms with Crippen molar-refractivity contribution >= 4 is 45.3 Å². The minimum atomic E-state index is -0.329. The lowest BCUT2D eigenvalue weighted by atomic mass is 9.88. The van der Waals surface area contributed by atoms with Crippen molar-refractivity contribution in [2.75, 3.05) is 17.7 Å². The predicted octanol–water partition coefficient (Wildman–Crippen LogP) is 6.26. The van der Waals surface area contributed by atoms with Gasteiger partial charge in [-0.15, -0.1) is 11.3 Å². The molecule has 1 aliphatic rings. The molecule has 3 aromatic rings. The van der Waals surface area contributed by atoms with Crippen LogP contribution in [-0.4, -0.2) is 18.2 Å². The summed E-state index contributed by atoms with van der Waals surface area (Å²) >= 11 is 7.15. The molecule has 31 heavy (non-hydrogen) atoms. The number of para-hydroxylation sites is 3. The van der Waals surface area contributed by atoms with Crippen LogP contribution in [0.15, 0.2) is 54.6 Å².